The van der Waals surface area contributed by atoms with Gasteiger partial charge in [-0.05, 0) is 35.5 Å². The third-order valence-electron chi connectivity index (χ3n) is 4.92. The van der Waals surface area contributed by atoms with E-state index in [0.29, 0.717) is 22.6 Å². The SMILES string of the molecule is COc1cc([N+](=O)[O-])ccc1-c1ccc(/C=C2/SC(=O)N(Cc3ccc([N+](=O)[O-])cc3)C2=O)o1. The second-order valence-corrected chi connectivity index (χ2v) is 8.03. The highest BCUT2D eigenvalue weighted by molar-refractivity contribution is 8.18. The van der Waals surface area contributed by atoms with Crippen LogP contribution in [0.4, 0.5) is 16.2 Å². The summed E-state index contributed by atoms with van der Waals surface area (Å²) >= 11 is 0.752. The first-order valence-corrected chi connectivity index (χ1v) is 10.5. The predicted molar refractivity (Wildman–Crippen MR) is 122 cm³/mol. The molecule has 4 rings (SSSR count). The van der Waals surface area contributed by atoms with E-state index in [1.54, 1.807) is 12.1 Å². The summed E-state index contributed by atoms with van der Waals surface area (Å²) in [5, 5.41) is 21.3. The Labute approximate surface area is 195 Å². The van der Waals surface area contributed by atoms with Crippen LogP contribution in [0.2, 0.25) is 0 Å². The number of benzene rings is 2. The third kappa shape index (κ3) is 4.52. The van der Waals surface area contributed by atoms with Crippen molar-refractivity contribution in [3.63, 3.8) is 0 Å². The minimum atomic E-state index is -0.535. The first kappa shape index (κ1) is 22.7. The van der Waals surface area contributed by atoms with Crippen LogP contribution in [0.15, 0.2) is 63.9 Å². The van der Waals surface area contributed by atoms with E-state index in [1.807, 2.05) is 0 Å². The maximum Gasteiger partial charge on any atom is 0.293 e. The van der Waals surface area contributed by atoms with Gasteiger partial charge < -0.3 is 9.15 Å². The summed E-state index contributed by atoms with van der Waals surface area (Å²) in [6.45, 7) is -0.0244. The number of non-ortho nitro benzene ring substituents is 2. The van der Waals surface area contributed by atoms with Crippen molar-refractivity contribution in [3.05, 3.63) is 91.1 Å². The number of methoxy groups -OCH3 is 1. The molecule has 1 aliphatic rings. The van der Waals surface area contributed by atoms with Crippen LogP contribution in [-0.4, -0.2) is 33.0 Å². The standard InChI is InChI=1S/C22H15N3O8S/c1-32-19-10-15(25(30)31)6-8-17(19)18-9-7-16(33-18)11-20-21(26)23(22(27)34-20)12-13-2-4-14(5-3-13)24(28)29/h2-11H,12H2,1H3/b20-11+. The summed E-state index contributed by atoms with van der Waals surface area (Å²) in [6.07, 6.45) is 1.43. The number of hydrogen-bond donors (Lipinski definition) is 0. The molecule has 0 aliphatic carbocycles. The van der Waals surface area contributed by atoms with Gasteiger partial charge in [-0.3, -0.25) is 34.7 Å². The van der Waals surface area contributed by atoms with E-state index >= 15 is 0 Å². The van der Waals surface area contributed by atoms with Crippen LogP contribution in [0.3, 0.4) is 0 Å². The van der Waals surface area contributed by atoms with Gasteiger partial charge in [0.25, 0.3) is 22.5 Å². The van der Waals surface area contributed by atoms with E-state index in [-0.39, 0.29) is 28.6 Å². The number of furan rings is 1. The first-order valence-electron chi connectivity index (χ1n) is 9.68. The zero-order chi connectivity index (χ0) is 24.4. The number of nitro benzene ring substituents is 2. The van der Waals surface area contributed by atoms with Crippen LogP contribution < -0.4 is 4.74 Å². The Balaban J connectivity index is 1.53. The highest BCUT2D eigenvalue weighted by Gasteiger charge is 2.35. The van der Waals surface area contributed by atoms with Crippen molar-refractivity contribution in [2.24, 2.45) is 0 Å². The van der Waals surface area contributed by atoms with E-state index in [4.69, 9.17) is 9.15 Å². The first-order chi connectivity index (χ1) is 16.3. The molecule has 34 heavy (non-hydrogen) atoms. The Morgan fingerprint density at radius 3 is 2.32 bits per heavy atom. The summed E-state index contributed by atoms with van der Waals surface area (Å²) in [5.74, 6) is 0.400. The lowest BCUT2D eigenvalue weighted by Crippen LogP contribution is -2.27. The van der Waals surface area contributed by atoms with Gasteiger partial charge in [0.1, 0.15) is 17.3 Å². The second-order valence-electron chi connectivity index (χ2n) is 7.04. The van der Waals surface area contributed by atoms with Crippen molar-refractivity contribution in [1.82, 2.24) is 4.90 Å². The fraction of sp³-hybridized carbons (Fsp3) is 0.0909. The molecule has 0 unspecified atom stereocenters. The van der Waals surface area contributed by atoms with Gasteiger partial charge in [0.05, 0.1) is 40.0 Å². The van der Waals surface area contributed by atoms with Crippen LogP contribution in [0.5, 0.6) is 5.75 Å². The topological polar surface area (TPSA) is 146 Å². The molecule has 0 N–H and O–H groups in total. The maximum atomic E-state index is 12.8. The average molecular weight is 481 g/mol. The fourth-order valence-electron chi connectivity index (χ4n) is 3.24. The van der Waals surface area contributed by atoms with Crippen molar-refractivity contribution >= 4 is 40.4 Å². The second kappa shape index (κ2) is 9.19. The summed E-state index contributed by atoms with van der Waals surface area (Å²) in [4.78, 5) is 47.0. The van der Waals surface area contributed by atoms with Gasteiger partial charge in [0.2, 0.25) is 0 Å². The molecule has 3 aromatic rings. The zero-order valence-electron chi connectivity index (χ0n) is 17.5. The number of rotatable bonds is 7. The largest absolute Gasteiger partial charge is 0.496 e. The van der Waals surface area contributed by atoms with Gasteiger partial charge in [-0.2, -0.15) is 0 Å². The van der Waals surface area contributed by atoms with Gasteiger partial charge in [-0.25, -0.2) is 0 Å². The minimum Gasteiger partial charge on any atom is -0.496 e. The zero-order valence-corrected chi connectivity index (χ0v) is 18.3. The number of amides is 2. The summed E-state index contributed by atoms with van der Waals surface area (Å²) in [5.41, 5.74) is 0.837. The number of imide groups is 1. The highest BCUT2D eigenvalue weighted by atomic mass is 32.2. The Morgan fingerprint density at radius 1 is 1.00 bits per heavy atom. The summed E-state index contributed by atoms with van der Waals surface area (Å²) < 4.78 is 11.0. The fourth-order valence-corrected chi connectivity index (χ4v) is 4.06. The molecule has 11 nitrogen and oxygen atoms in total. The van der Waals surface area contributed by atoms with Gasteiger partial charge >= 0.3 is 0 Å². The minimum absolute atomic E-state index is 0.0244. The molecule has 0 saturated carbocycles. The van der Waals surface area contributed by atoms with E-state index in [0.717, 1.165) is 16.7 Å². The number of ether oxygens (including phenoxy) is 1. The van der Waals surface area contributed by atoms with Gasteiger partial charge in [-0.15, -0.1) is 0 Å². The molecule has 12 heteroatoms. The molecule has 2 aromatic carbocycles. The lowest BCUT2D eigenvalue weighted by Gasteiger charge is -2.12. The molecule has 1 aromatic heterocycles. The van der Waals surface area contributed by atoms with Crippen LogP contribution in [-0.2, 0) is 11.3 Å². The number of hydrogen-bond acceptors (Lipinski definition) is 9. The highest BCUT2D eigenvalue weighted by Crippen LogP contribution is 2.37. The van der Waals surface area contributed by atoms with Crippen molar-refractivity contribution in [2.75, 3.05) is 7.11 Å². The van der Waals surface area contributed by atoms with Gasteiger partial charge in [0, 0.05) is 24.3 Å². The lowest BCUT2D eigenvalue weighted by atomic mass is 10.1. The van der Waals surface area contributed by atoms with E-state index in [2.05, 4.69) is 0 Å². The van der Waals surface area contributed by atoms with Crippen molar-refractivity contribution < 1.29 is 28.6 Å². The quantitative estimate of drug-likeness (QED) is 0.258. The smallest absolute Gasteiger partial charge is 0.293 e. The number of carbonyl (C=O) groups excluding carboxylic acids is 2. The predicted octanol–water partition coefficient (Wildman–Crippen LogP) is 5.01. The molecule has 1 aliphatic heterocycles. The van der Waals surface area contributed by atoms with Crippen LogP contribution in [0.1, 0.15) is 11.3 Å². The molecule has 2 heterocycles. The Morgan fingerprint density at radius 2 is 1.68 bits per heavy atom. The normalized spacial score (nSPS) is 14.6. The lowest BCUT2D eigenvalue weighted by molar-refractivity contribution is -0.385. The van der Waals surface area contributed by atoms with Gasteiger partial charge in [0.15, 0.2) is 0 Å². The molecular formula is C22H15N3O8S. The summed E-state index contributed by atoms with van der Waals surface area (Å²) in [6, 6.07) is 12.9. The molecular weight excluding hydrogens is 466 g/mol. The molecule has 0 atom stereocenters. The summed E-state index contributed by atoms with van der Waals surface area (Å²) in [7, 11) is 1.38. The molecule has 0 spiro atoms. The molecule has 1 fully saturated rings. The average Bonchev–Trinajstić information content (AvgIpc) is 3.39. The molecule has 172 valence electrons. The monoisotopic (exact) mass is 481 g/mol. The molecule has 0 bridgehead atoms. The maximum absolute atomic E-state index is 12.8. The van der Waals surface area contributed by atoms with Crippen LogP contribution >= 0.6 is 11.8 Å². The molecule has 0 radical (unpaired) electrons. The Hall–Kier alpha value is -4.45. The molecule has 1 saturated heterocycles. The van der Waals surface area contributed by atoms with Crippen molar-refractivity contribution in [1.29, 1.82) is 0 Å². The molecule has 2 amide bonds. The number of thioether (sulfide) groups is 1. The van der Waals surface area contributed by atoms with Crippen molar-refractivity contribution in [3.8, 4) is 17.1 Å². The Bertz CT molecular complexity index is 1350. The number of nitrogens with zero attached hydrogens (tertiary/aromatic N) is 3. The van der Waals surface area contributed by atoms with Gasteiger partial charge in [-0.1, -0.05) is 12.1 Å². The van der Waals surface area contributed by atoms with E-state index in [1.165, 1.54) is 55.7 Å². The van der Waals surface area contributed by atoms with Crippen LogP contribution in [0.25, 0.3) is 17.4 Å². The van der Waals surface area contributed by atoms with Crippen molar-refractivity contribution in [2.45, 2.75) is 6.54 Å². The number of nitro groups is 2. The van der Waals surface area contributed by atoms with E-state index in [9.17, 15) is 29.8 Å². The number of carbonyl (C=O) groups is 2. The van der Waals surface area contributed by atoms with Crippen LogP contribution in [0, 0.1) is 20.2 Å². The third-order valence-corrected chi connectivity index (χ3v) is 5.83. The van der Waals surface area contributed by atoms with E-state index < -0.39 is 21.0 Å². The Kier molecular flexibility index (Phi) is 6.15.